The number of likely N-dealkylation sites (tertiary alicyclic amines) is 1. The molecule has 2 N–H and O–H groups in total. The van der Waals surface area contributed by atoms with Crippen molar-refractivity contribution in [2.75, 3.05) is 44.4 Å². The third kappa shape index (κ3) is 3.36. The van der Waals surface area contributed by atoms with Gasteiger partial charge < -0.3 is 15.5 Å². The van der Waals surface area contributed by atoms with E-state index in [1.807, 2.05) is 19.2 Å². The van der Waals surface area contributed by atoms with Crippen LogP contribution in [0.3, 0.4) is 0 Å². The summed E-state index contributed by atoms with van der Waals surface area (Å²) in [6.07, 6.45) is 2.45. The zero-order valence-electron chi connectivity index (χ0n) is 11.6. The SMILES string of the molecule is CN1CCC(CN(C)c2ccc(N)c(C#N)n2)CC1. The van der Waals surface area contributed by atoms with Crippen molar-refractivity contribution in [2.45, 2.75) is 12.8 Å². The van der Waals surface area contributed by atoms with E-state index in [0.29, 0.717) is 17.3 Å². The van der Waals surface area contributed by atoms with Gasteiger partial charge in [0.15, 0.2) is 5.69 Å². The molecule has 0 saturated carbocycles. The number of nitrogen functional groups attached to an aromatic ring is 1. The van der Waals surface area contributed by atoms with Crippen molar-refractivity contribution in [3.8, 4) is 6.07 Å². The van der Waals surface area contributed by atoms with Gasteiger partial charge in [0.1, 0.15) is 11.9 Å². The molecule has 0 radical (unpaired) electrons. The van der Waals surface area contributed by atoms with Gasteiger partial charge in [-0.05, 0) is 51.0 Å². The number of piperidine rings is 1. The van der Waals surface area contributed by atoms with Gasteiger partial charge in [0.05, 0.1) is 5.69 Å². The van der Waals surface area contributed by atoms with Crippen LogP contribution in [0, 0.1) is 17.2 Å². The third-order valence-corrected chi connectivity index (χ3v) is 3.78. The largest absolute Gasteiger partial charge is 0.396 e. The summed E-state index contributed by atoms with van der Waals surface area (Å²) in [5.74, 6) is 1.52. The molecule has 0 amide bonds. The quantitative estimate of drug-likeness (QED) is 0.886. The molecule has 19 heavy (non-hydrogen) atoms. The summed E-state index contributed by atoms with van der Waals surface area (Å²) in [4.78, 5) is 8.79. The molecule has 5 heteroatoms. The van der Waals surface area contributed by atoms with Gasteiger partial charge in [-0.3, -0.25) is 0 Å². The maximum atomic E-state index is 8.96. The van der Waals surface area contributed by atoms with Crippen LogP contribution in [0.2, 0.25) is 0 Å². The summed E-state index contributed by atoms with van der Waals surface area (Å²) in [5, 5.41) is 8.96. The summed E-state index contributed by atoms with van der Waals surface area (Å²) in [7, 11) is 4.19. The van der Waals surface area contributed by atoms with Gasteiger partial charge in [0.2, 0.25) is 0 Å². The standard InChI is InChI=1S/C14H21N5/c1-18-7-5-11(6-8-18)10-19(2)14-4-3-12(16)13(9-15)17-14/h3-4,11H,5-8,10,16H2,1-2H3. The van der Waals surface area contributed by atoms with Crippen molar-refractivity contribution in [3.63, 3.8) is 0 Å². The highest BCUT2D eigenvalue weighted by Crippen LogP contribution is 2.20. The lowest BCUT2D eigenvalue weighted by Crippen LogP contribution is -2.36. The van der Waals surface area contributed by atoms with Crippen LogP contribution < -0.4 is 10.6 Å². The predicted molar refractivity (Wildman–Crippen MR) is 76.9 cm³/mol. The molecule has 2 rings (SSSR count). The number of hydrogen-bond acceptors (Lipinski definition) is 5. The Hall–Kier alpha value is -1.80. The Morgan fingerprint density at radius 1 is 1.47 bits per heavy atom. The molecule has 0 aromatic carbocycles. The van der Waals surface area contributed by atoms with Crippen LogP contribution in [0.4, 0.5) is 11.5 Å². The zero-order valence-corrected chi connectivity index (χ0v) is 11.6. The van der Waals surface area contributed by atoms with E-state index in [0.717, 1.165) is 25.5 Å². The first kappa shape index (κ1) is 13.6. The third-order valence-electron chi connectivity index (χ3n) is 3.78. The lowest BCUT2D eigenvalue weighted by molar-refractivity contribution is 0.222. The average Bonchev–Trinajstić information content (AvgIpc) is 2.42. The Morgan fingerprint density at radius 2 is 2.16 bits per heavy atom. The highest BCUT2D eigenvalue weighted by molar-refractivity contribution is 5.55. The molecular weight excluding hydrogens is 238 g/mol. The molecular formula is C14H21N5. The van der Waals surface area contributed by atoms with E-state index in [2.05, 4.69) is 21.8 Å². The average molecular weight is 259 g/mol. The second-order valence-corrected chi connectivity index (χ2v) is 5.35. The molecule has 102 valence electrons. The molecule has 1 aliphatic rings. The van der Waals surface area contributed by atoms with Gasteiger partial charge in [-0.2, -0.15) is 5.26 Å². The summed E-state index contributed by atoms with van der Waals surface area (Å²) in [6.45, 7) is 3.31. The normalized spacial score (nSPS) is 17.1. The Kier molecular flexibility index (Phi) is 4.23. The number of pyridine rings is 1. The fourth-order valence-corrected chi connectivity index (χ4v) is 2.49. The molecule has 0 atom stereocenters. The molecule has 1 aromatic rings. The number of aromatic nitrogens is 1. The van der Waals surface area contributed by atoms with Crippen LogP contribution in [0.25, 0.3) is 0 Å². The van der Waals surface area contributed by atoms with Crippen LogP contribution in [0.1, 0.15) is 18.5 Å². The van der Waals surface area contributed by atoms with Crippen LogP contribution in [-0.4, -0.2) is 43.6 Å². The molecule has 2 heterocycles. The molecule has 0 bridgehead atoms. The molecule has 1 fully saturated rings. The van der Waals surface area contributed by atoms with E-state index in [4.69, 9.17) is 11.0 Å². The van der Waals surface area contributed by atoms with E-state index in [9.17, 15) is 0 Å². The molecule has 0 unspecified atom stereocenters. The molecule has 0 spiro atoms. The Balaban J connectivity index is 2.00. The Labute approximate surface area is 114 Å². The number of nitrogens with two attached hydrogens (primary N) is 1. The van der Waals surface area contributed by atoms with Crippen LogP contribution in [-0.2, 0) is 0 Å². The number of hydrogen-bond donors (Lipinski definition) is 1. The van der Waals surface area contributed by atoms with Crippen molar-refractivity contribution >= 4 is 11.5 Å². The Bertz CT molecular complexity index is 471. The van der Waals surface area contributed by atoms with E-state index in [-0.39, 0.29) is 0 Å². The maximum Gasteiger partial charge on any atom is 0.165 e. The minimum atomic E-state index is 0.313. The van der Waals surface area contributed by atoms with Gasteiger partial charge >= 0.3 is 0 Å². The number of rotatable bonds is 3. The van der Waals surface area contributed by atoms with Crippen molar-refractivity contribution in [1.82, 2.24) is 9.88 Å². The van der Waals surface area contributed by atoms with Crippen molar-refractivity contribution in [1.29, 1.82) is 5.26 Å². The van der Waals surface area contributed by atoms with Crippen molar-refractivity contribution in [3.05, 3.63) is 17.8 Å². The van der Waals surface area contributed by atoms with Crippen LogP contribution in [0.15, 0.2) is 12.1 Å². The van der Waals surface area contributed by atoms with Gasteiger partial charge in [0, 0.05) is 13.6 Å². The Morgan fingerprint density at radius 3 is 2.79 bits per heavy atom. The van der Waals surface area contributed by atoms with Crippen molar-refractivity contribution < 1.29 is 0 Å². The molecule has 1 saturated heterocycles. The molecule has 1 aromatic heterocycles. The molecule has 0 aliphatic carbocycles. The second-order valence-electron chi connectivity index (χ2n) is 5.35. The van der Waals surface area contributed by atoms with E-state index in [1.54, 1.807) is 6.07 Å². The van der Waals surface area contributed by atoms with Gasteiger partial charge in [-0.25, -0.2) is 4.98 Å². The van der Waals surface area contributed by atoms with Gasteiger partial charge in [0.25, 0.3) is 0 Å². The maximum absolute atomic E-state index is 8.96. The zero-order chi connectivity index (χ0) is 13.8. The number of anilines is 2. The minimum Gasteiger partial charge on any atom is -0.396 e. The summed E-state index contributed by atoms with van der Waals surface area (Å²) in [6, 6.07) is 5.67. The summed E-state index contributed by atoms with van der Waals surface area (Å²) in [5.41, 5.74) is 6.45. The highest BCUT2D eigenvalue weighted by atomic mass is 15.2. The van der Waals surface area contributed by atoms with E-state index < -0.39 is 0 Å². The lowest BCUT2D eigenvalue weighted by atomic mass is 9.97. The van der Waals surface area contributed by atoms with Gasteiger partial charge in [-0.15, -0.1) is 0 Å². The highest BCUT2D eigenvalue weighted by Gasteiger charge is 2.19. The predicted octanol–water partition coefficient (Wildman–Crippen LogP) is 1.31. The van der Waals surface area contributed by atoms with E-state index in [1.165, 1.54) is 12.8 Å². The fraction of sp³-hybridized carbons (Fsp3) is 0.571. The monoisotopic (exact) mass is 259 g/mol. The fourth-order valence-electron chi connectivity index (χ4n) is 2.49. The van der Waals surface area contributed by atoms with Crippen LogP contribution in [0.5, 0.6) is 0 Å². The summed E-state index contributed by atoms with van der Waals surface area (Å²) < 4.78 is 0. The number of nitrogens with zero attached hydrogens (tertiary/aromatic N) is 4. The minimum absolute atomic E-state index is 0.313. The first-order valence-corrected chi connectivity index (χ1v) is 6.66. The first-order chi connectivity index (χ1) is 9.10. The van der Waals surface area contributed by atoms with Crippen LogP contribution >= 0.6 is 0 Å². The first-order valence-electron chi connectivity index (χ1n) is 6.66. The second kappa shape index (κ2) is 5.89. The van der Waals surface area contributed by atoms with Crippen molar-refractivity contribution in [2.24, 2.45) is 5.92 Å². The van der Waals surface area contributed by atoms with E-state index >= 15 is 0 Å². The summed E-state index contributed by atoms with van der Waals surface area (Å²) >= 11 is 0. The molecule has 1 aliphatic heterocycles. The topological polar surface area (TPSA) is 69.2 Å². The smallest absolute Gasteiger partial charge is 0.165 e. The van der Waals surface area contributed by atoms with Gasteiger partial charge in [-0.1, -0.05) is 0 Å². The number of nitriles is 1. The lowest BCUT2D eigenvalue weighted by Gasteiger charge is -2.32. The molecule has 5 nitrogen and oxygen atoms in total.